The van der Waals surface area contributed by atoms with E-state index in [1.54, 1.807) is 0 Å². The molecule has 0 radical (unpaired) electrons. The van der Waals surface area contributed by atoms with Gasteiger partial charge in [0.05, 0.1) is 0 Å². The summed E-state index contributed by atoms with van der Waals surface area (Å²) in [6, 6.07) is 0. The van der Waals surface area contributed by atoms with E-state index in [2.05, 4.69) is 11.3 Å². The number of carbonyl (C=O) groups excluding carboxylic acids is 1. The van der Waals surface area contributed by atoms with Crippen molar-refractivity contribution in [1.29, 1.82) is 0 Å². The Morgan fingerprint density at radius 2 is 1.29 bits per heavy atom. The number of halogens is 8. The number of rotatable bonds is 9. The van der Waals surface area contributed by atoms with Crippen LogP contribution in [0.5, 0.6) is 0 Å². The minimum atomic E-state index is -3.95. The Bertz CT molecular complexity index is 340. The first-order valence-electron chi connectivity index (χ1n) is 5.55. The van der Waals surface area contributed by atoms with Crippen LogP contribution >= 0.6 is 0 Å². The third-order valence-electron chi connectivity index (χ3n) is 2.35. The molecule has 6 atom stereocenters. The highest BCUT2D eigenvalue weighted by molar-refractivity contribution is 5.81. The molecule has 0 aliphatic carbocycles. The molecule has 0 aliphatic rings. The van der Waals surface area contributed by atoms with Crippen molar-refractivity contribution in [2.75, 3.05) is 6.61 Å². The van der Waals surface area contributed by atoms with Crippen LogP contribution in [0.25, 0.3) is 0 Å². The molecule has 0 aliphatic heterocycles. The molecule has 0 amide bonds. The topological polar surface area (TPSA) is 26.3 Å². The van der Waals surface area contributed by atoms with Crippen LogP contribution < -0.4 is 0 Å². The maximum Gasteiger partial charge on any atom is 0.330 e. The molecular weight excluding hydrogens is 316 g/mol. The van der Waals surface area contributed by atoms with Gasteiger partial charge in [0.1, 0.15) is 6.61 Å². The standard InChI is InChI=1S/C11H12F8O2/c1-2-5(20)21-3-4(12)6(13)7(14)8(15)9(16)10(17)11(18)19/h2,4,6-11H,1,3H2. The largest absolute Gasteiger partial charge is 0.459 e. The molecule has 0 bridgehead atoms. The fraction of sp³-hybridized carbons (Fsp3) is 0.727. The SMILES string of the molecule is C=CC(=O)OCC(F)C(F)C(F)C(F)C(F)C(F)C(F)F. The molecule has 0 saturated carbocycles. The van der Waals surface area contributed by atoms with Gasteiger partial charge in [-0.05, 0) is 0 Å². The smallest absolute Gasteiger partial charge is 0.330 e. The van der Waals surface area contributed by atoms with E-state index in [1.165, 1.54) is 0 Å². The predicted molar refractivity (Wildman–Crippen MR) is 56.5 cm³/mol. The number of esters is 1. The van der Waals surface area contributed by atoms with Crippen molar-refractivity contribution in [2.24, 2.45) is 0 Å². The molecule has 0 fully saturated rings. The molecule has 0 saturated heterocycles. The molecule has 21 heavy (non-hydrogen) atoms. The summed E-state index contributed by atoms with van der Waals surface area (Å²) in [5.41, 5.74) is 0. The van der Waals surface area contributed by atoms with Crippen molar-refractivity contribution in [3.63, 3.8) is 0 Å². The van der Waals surface area contributed by atoms with Crippen molar-refractivity contribution < 1.29 is 44.7 Å². The monoisotopic (exact) mass is 328 g/mol. The molecule has 0 aromatic rings. The van der Waals surface area contributed by atoms with Crippen molar-refractivity contribution in [2.45, 2.75) is 43.5 Å². The molecule has 0 aromatic heterocycles. The Morgan fingerprint density at radius 1 is 0.857 bits per heavy atom. The second-order valence-corrected chi connectivity index (χ2v) is 3.91. The summed E-state index contributed by atoms with van der Waals surface area (Å²) in [6.07, 6.45) is -24.1. The molecule has 0 rings (SSSR count). The van der Waals surface area contributed by atoms with Crippen LogP contribution in [0.3, 0.4) is 0 Å². The van der Waals surface area contributed by atoms with Crippen molar-refractivity contribution in [3.05, 3.63) is 12.7 Å². The van der Waals surface area contributed by atoms with E-state index in [4.69, 9.17) is 0 Å². The first-order valence-corrected chi connectivity index (χ1v) is 5.55. The summed E-state index contributed by atoms with van der Waals surface area (Å²) < 4.78 is 105. The van der Waals surface area contributed by atoms with Gasteiger partial charge < -0.3 is 4.74 Å². The molecule has 2 nitrogen and oxygen atoms in total. The number of carbonyl (C=O) groups is 1. The van der Waals surface area contributed by atoms with Crippen LogP contribution in [-0.4, -0.2) is 56.0 Å². The third-order valence-corrected chi connectivity index (χ3v) is 2.35. The molecule has 0 N–H and O–H groups in total. The minimum Gasteiger partial charge on any atom is -0.459 e. The van der Waals surface area contributed by atoms with Gasteiger partial charge in [0.25, 0.3) is 6.43 Å². The van der Waals surface area contributed by atoms with Gasteiger partial charge in [-0.2, -0.15) is 0 Å². The summed E-state index contributed by atoms with van der Waals surface area (Å²) in [5, 5.41) is 0. The van der Waals surface area contributed by atoms with Crippen LogP contribution in [0, 0.1) is 0 Å². The summed E-state index contributed by atoms with van der Waals surface area (Å²) >= 11 is 0. The average Bonchev–Trinajstić information content (AvgIpc) is 2.47. The van der Waals surface area contributed by atoms with Crippen LogP contribution in [0.15, 0.2) is 12.7 Å². The Labute approximate surface area is 114 Å². The van der Waals surface area contributed by atoms with Crippen LogP contribution in [0.1, 0.15) is 0 Å². The molecule has 10 heteroatoms. The predicted octanol–water partition coefficient (Wildman–Crippen LogP) is 3.01. The lowest BCUT2D eigenvalue weighted by molar-refractivity contribution is -0.141. The van der Waals surface area contributed by atoms with Crippen LogP contribution in [0.4, 0.5) is 35.1 Å². The maximum atomic E-state index is 13.1. The second-order valence-electron chi connectivity index (χ2n) is 3.91. The zero-order chi connectivity index (χ0) is 16.7. The fourth-order valence-electron chi connectivity index (χ4n) is 1.18. The van der Waals surface area contributed by atoms with Gasteiger partial charge >= 0.3 is 5.97 Å². The highest BCUT2D eigenvalue weighted by atomic mass is 19.3. The first kappa shape index (κ1) is 19.7. The molecule has 124 valence electrons. The summed E-state index contributed by atoms with van der Waals surface area (Å²) in [6.45, 7) is 1.59. The number of ether oxygens (including phenoxy) is 1. The van der Waals surface area contributed by atoms with Gasteiger partial charge in [0.2, 0.25) is 0 Å². The van der Waals surface area contributed by atoms with Gasteiger partial charge in [0.15, 0.2) is 37.0 Å². The van der Waals surface area contributed by atoms with E-state index in [0.29, 0.717) is 6.08 Å². The quantitative estimate of drug-likeness (QED) is 0.369. The minimum absolute atomic E-state index is 0.582. The van der Waals surface area contributed by atoms with E-state index >= 15 is 0 Å². The normalized spacial score (nSPS) is 20.2. The van der Waals surface area contributed by atoms with E-state index in [-0.39, 0.29) is 0 Å². The van der Waals surface area contributed by atoms with Crippen molar-refractivity contribution in [1.82, 2.24) is 0 Å². The third kappa shape index (κ3) is 5.88. The van der Waals surface area contributed by atoms with Crippen molar-refractivity contribution >= 4 is 5.97 Å². The summed E-state index contributed by atoms with van der Waals surface area (Å²) in [7, 11) is 0. The van der Waals surface area contributed by atoms with Crippen LogP contribution in [0.2, 0.25) is 0 Å². The van der Waals surface area contributed by atoms with Gasteiger partial charge in [-0.1, -0.05) is 6.58 Å². The highest BCUT2D eigenvalue weighted by Gasteiger charge is 2.45. The van der Waals surface area contributed by atoms with Gasteiger partial charge in [-0.15, -0.1) is 0 Å². The van der Waals surface area contributed by atoms with Crippen molar-refractivity contribution in [3.8, 4) is 0 Å². The number of hydrogen-bond acceptors (Lipinski definition) is 2. The molecule has 0 heterocycles. The second kappa shape index (κ2) is 8.83. The van der Waals surface area contributed by atoms with E-state index in [0.717, 1.165) is 0 Å². The van der Waals surface area contributed by atoms with Gasteiger partial charge in [-0.25, -0.2) is 39.9 Å². The Kier molecular flexibility index (Phi) is 8.26. The highest BCUT2D eigenvalue weighted by Crippen LogP contribution is 2.26. The number of alkyl halides is 8. The zero-order valence-electron chi connectivity index (χ0n) is 10.4. The maximum absolute atomic E-state index is 13.1. The van der Waals surface area contributed by atoms with Gasteiger partial charge in [0, 0.05) is 6.08 Å². The summed E-state index contributed by atoms with van der Waals surface area (Å²) in [4.78, 5) is 10.5. The van der Waals surface area contributed by atoms with E-state index < -0.39 is 56.0 Å². The van der Waals surface area contributed by atoms with Gasteiger partial charge in [-0.3, -0.25) is 0 Å². The molecule has 0 spiro atoms. The molecular formula is C11H12F8O2. The lowest BCUT2D eigenvalue weighted by atomic mass is 10.0. The lowest BCUT2D eigenvalue weighted by Crippen LogP contribution is -2.45. The first-order chi connectivity index (χ1) is 9.63. The van der Waals surface area contributed by atoms with E-state index in [9.17, 15) is 39.9 Å². The molecule has 6 unspecified atom stereocenters. The zero-order valence-corrected chi connectivity index (χ0v) is 10.4. The Morgan fingerprint density at radius 3 is 1.71 bits per heavy atom. The van der Waals surface area contributed by atoms with Crippen LogP contribution in [-0.2, 0) is 9.53 Å². The Balaban J connectivity index is 4.56. The number of hydrogen-bond donors (Lipinski definition) is 0. The summed E-state index contributed by atoms with van der Waals surface area (Å²) in [5.74, 6) is -1.18. The molecule has 0 aromatic carbocycles. The average molecular weight is 328 g/mol. The Hall–Kier alpha value is -1.35. The lowest BCUT2D eigenvalue weighted by Gasteiger charge is -2.23. The fourth-order valence-corrected chi connectivity index (χ4v) is 1.18. The van der Waals surface area contributed by atoms with E-state index in [1.807, 2.05) is 0 Å².